The average Bonchev–Trinajstić information content (AvgIpc) is 2.28. The van der Waals surface area contributed by atoms with E-state index in [0.717, 1.165) is 29.9 Å². The summed E-state index contributed by atoms with van der Waals surface area (Å²) in [7, 11) is 0. The predicted molar refractivity (Wildman–Crippen MR) is 68.2 cm³/mol. The molecule has 1 aromatic rings. The van der Waals surface area contributed by atoms with Crippen LogP contribution in [0.3, 0.4) is 0 Å². The fourth-order valence-electron chi connectivity index (χ4n) is 2.20. The molecule has 3 nitrogen and oxygen atoms in total. The standard InChI is InChI=1S/C14H20N2O/c1-9(2)12-6-5-11-13(15-12)7-8-16(10(3)4)14(11)17/h5-6,9-10H,7-8H2,1-4H3. The Morgan fingerprint density at radius 3 is 2.53 bits per heavy atom. The summed E-state index contributed by atoms with van der Waals surface area (Å²) in [6.45, 7) is 9.15. The highest BCUT2D eigenvalue weighted by Crippen LogP contribution is 2.21. The summed E-state index contributed by atoms with van der Waals surface area (Å²) in [5, 5.41) is 0. The first kappa shape index (κ1) is 12.1. The van der Waals surface area contributed by atoms with Gasteiger partial charge < -0.3 is 4.90 Å². The molecule has 3 heteroatoms. The summed E-state index contributed by atoms with van der Waals surface area (Å²) >= 11 is 0. The average molecular weight is 232 g/mol. The molecule has 92 valence electrons. The van der Waals surface area contributed by atoms with E-state index < -0.39 is 0 Å². The van der Waals surface area contributed by atoms with Crippen LogP contribution >= 0.6 is 0 Å². The van der Waals surface area contributed by atoms with Crippen molar-refractivity contribution in [3.63, 3.8) is 0 Å². The van der Waals surface area contributed by atoms with Crippen LogP contribution in [0.1, 0.15) is 55.4 Å². The molecule has 1 aliphatic heterocycles. The van der Waals surface area contributed by atoms with Crippen molar-refractivity contribution < 1.29 is 4.79 Å². The topological polar surface area (TPSA) is 33.2 Å². The van der Waals surface area contributed by atoms with E-state index in [1.807, 2.05) is 17.0 Å². The normalized spacial score (nSPS) is 15.6. The summed E-state index contributed by atoms with van der Waals surface area (Å²) in [5.41, 5.74) is 2.84. The van der Waals surface area contributed by atoms with Crippen LogP contribution in [0, 0.1) is 0 Å². The Kier molecular flexibility index (Phi) is 3.18. The van der Waals surface area contributed by atoms with Gasteiger partial charge in [-0.2, -0.15) is 0 Å². The molecule has 0 unspecified atom stereocenters. The van der Waals surface area contributed by atoms with E-state index >= 15 is 0 Å². The Balaban J connectivity index is 2.36. The number of amides is 1. The van der Waals surface area contributed by atoms with Crippen LogP contribution < -0.4 is 0 Å². The third-order valence-corrected chi connectivity index (χ3v) is 3.29. The number of carbonyl (C=O) groups excluding carboxylic acids is 1. The smallest absolute Gasteiger partial charge is 0.255 e. The Morgan fingerprint density at radius 2 is 1.94 bits per heavy atom. The molecule has 0 fully saturated rings. The Hall–Kier alpha value is -1.38. The van der Waals surface area contributed by atoms with Gasteiger partial charge in [-0.25, -0.2) is 0 Å². The van der Waals surface area contributed by atoms with Crippen molar-refractivity contribution in [1.29, 1.82) is 0 Å². The van der Waals surface area contributed by atoms with Crippen LogP contribution in [0.15, 0.2) is 12.1 Å². The van der Waals surface area contributed by atoms with Crippen LogP contribution in [-0.4, -0.2) is 28.4 Å². The molecule has 1 amide bonds. The van der Waals surface area contributed by atoms with Gasteiger partial charge in [-0.15, -0.1) is 0 Å². The summed E-state index contributed by atoms with van der Waals surface area (Å²) in [4.78, 5) is 18.8. The van der Waals surface area contributed by atoms with Crippen molar-refractivity contribution in [3.05, 3.63) is 29.1 Å². The van der Waals surface area contributed by atoms with Crippen molar-refractivity contribution in [2.45, 2.75) is 46.1 Å². The number of hydrogen-bond acceptors (Lipinski definition) is 2. The fourth-order valence-corrected chi connectivity index (χ4v) is 2.20. The van der Waals surface area contributed by atoms with Gasteiger partial charge in [-0.05, 0) is 31.9 Å². The lowest BCUT2D eigenvalue weighted by Gasteiger charge is -2.31. The summed E-state index contributed by atoms with van der Waals surface area (Å²) in [5.74, 6) is 0.544. The number of carbonyl (C=O) groups is 1. The Labute approximate surface area is 103 Å². The van der Waals surface area contributed by atoms with Gasteiger partial charge in [0.05, 0.1) is 11.3 Å². The molecule has 0 N–H and O–H groups in total. The second kappa shape index (κ2) is 4.47. The molecular formula is C14H20N2O. The van der Waals surface area contributed by atoms with Crippen molar-refractivity contribution in [3.8, 4) is 0 Å². The molecule has 0 atom stereocenters. The van der Waals surface area contributed by atoms with Crippen molar-refractivity contribution in [2.24, 2.45) is 0 Å². The van der Waals surface area contributed by atoms with Crippen LogP contribution in [0.4, 0.5) is 0 Å². The van der Waals surface area contributed by atoms with Gasteiger partial charge in [0.1, 0.15) is 0 Å². The second-order valence-corrected chi connectivity index (χ2v) is 5.23. The molecule has 0 radical (unpaired) electrons. The maximum atomic E-state index is 12.2. The molecule has 0 spiro atoms. The van der Waals surface area contributed by atoms with E-state index in [1.165, 1.54) is 0 Å². The molecule has 0 saturated carbocycles. The van der Waals surface area contributed by atoms with E-state index in [9.17, 15) is 4.79 Å². The zero-order valence-electron chi connectivity index (χ0n) is 11.0. The van der Waals surface area contributed by atoms with Crippen LogP contribution in [0.25, 0.3) is 0 Å². The van der Waals surface area contributed by atoms with Gasteiger partial charge in [0.15, 0.2) is 0 Å². The lowest BCUT2D eigenvalue weighted by molar-refractivity contribution is 0.0686. The van der Waals surface area contributed by atoms with E-state index in [2.05, 4.69) is 32.7 Å². The number of aromatic nitrogens is 1. The molecule has 1 aromatic heterocycles. The maximum Gasteiger partial charge on any atom is 0.255 e. The number of nitrogens with zero attached hydrogens (tertiary/aromatic N) is 2. The third-order valence-electron chi connectivity index (χ3n) is 3.29. The van der Waals surface area contributed by atoms with Crippen LogP contribution in [0.2, 0.25) is 0 Å². The van der Waals surface area contributed by atoms with Crippen molar-refractivity contribution >= 4 is 5.91 Å². The highest BCUT2D eigenvalue weighted by molar-refractivity contribution is 5.96. The van der Waals surface area contributed by atoms with Gasteiger partial charge in [0.25, 0.3) is 5.91 Å². The number of fused-ring (bicyclic) bond motifs is 1. The molecule has 0 aliphatic carbocycles. The molecule has 2 heterocycles. The summed E-state index contributed by atoms with van der Waals surface area (Å²) < 4.78 is 0. The Bertz CT molecular complexity index is 438. The van der Waals surface area contributed by atoms with Gasteiger partial charge in [0, 0.05) is 24.7 Å². The molecule has 17 heavy (non-hydrogen) atoms. The molecule has 0 saturated heterocycles. The monoisotopic (exact) mass is 232 g/mol. The van der Waals surface area contributed by atoms with E-state index in [4.69, 9.17) is 0 Å². The largest absolute Gasteiger partial charge is 0.336 e. The highest BCUT2D eigenvalue weighted by Gasteiger charge is 2.27. The zero-order chi connectivity index (χ0) is 12.6. The van der Waals surface area contributed by atoms with E-state index in [-0.39, 0.29) is 11.9 Å². The van der Waals surface area contributed by atoms with Crippen LogP contribution in [-0.2, 0) is 6.42 Å². The minimum absolute atomic E-state index is 0.129. The molecule has 1 aliphatic rings. The van der Waals surface area contributed by atoms with Crippen molar-refractivity contribution in [2.75, 3.05) is 6.54 Å². The lowest BCUT2D eigenvalue weighted by atomic mass is 10.0. The van der Waals surface area contributed by atoms with E-state index in [1.54, 1.807) is 0 Å². The maximum absolute atomic E-state index is 12.2. The first-order valence-electron chi connectivity index (χ1n) is 6.31. The van der Waals surface area contributed by atoms with Crippen LogP contribution in [0.5, 0.6) is 0 Å². The van der Waals surface area contributed by atoms with Crippen molar-refractivity contribution in [1.82, 2.24) is 9.88 Å². The predicted octanol–water partition coefficient (Wildman–Crippen LogP) is 2.61. The highest BCUT2D eigenvalue weighted by atomic mass is 16.2. The van der Waals surface area contributed by atoms with Gasteiger partial charge in [-0.1, -0.05) is 13.8 Å². The number of rotatable bonds is 2. The SMILES string of the molecule is CC(C)c1ccc2c(n1)CCN(C(C)C)C2=O. The first-order chi connectivity index (χ1) is 8.00. The van der Waals surface area contributed by atoms with Gasteiger partial charge in [0.2, 0.25) is 0 Å². The fraction of sp³-hybridized carbons (Fsp3) is 0.571. The number of hydrogen-bond donors (Lipinski definition) is 0. The summed E-state index contributed by atoms with van der Waals surface area (Å²) in [6, 6.07) is 4.18. The molecule has 0 bridgehead atoms. The quantitative estimate of drug-likeness (QED) is 0.785. The molecular weight excluding hydrogens is 212 g/mol. The van der Waals surface area contributed by atoms with E-state index in [0.29, 0.717) is 5.92 Å². The van der Waals surface area contributed by atoms with Gasteiger partial charge >= 0.3 is 0 Å². The molecule has 0 aromatic carbocycles. The number of pyridine rings is 1. The minimum Gasteiger partial charge on any atom is -0.336 e. The molecule has 2 rings (SSSR count). The third kappa shape index (κ3) is 2.19. The summed E-state index contributed by atoms with van der Waals surface area (Å²) in [6.07, 6.45) is 0.875. The Morgan fingerprint density at radius 1 is 1.24 bits per heavy atom. The zero-order valence-corrected chi connectivity index (χ0v) is 11.0. The minimum atomic E-state index is 0.129. The second-order valence-electron chi connectivity index (χ2n) is 5.23. The first-order valence-corrected chi connectivity index (χ1v) is 6.31. The lowest BCUT2D eigenvalue weighted by Crippen LogP contribution is -2.42. The van der Waals surface area contributed by atoms with Gasteiger partial charge in [-0.3, -0.25) is 9.78 Å².